The number of piperidine rings is 1. The van der Waals surface area contributed by atoms with Gasteiger partial charge in [0.15, 0.2) is 0 Å². The number of carbonyl (C=O) groups excluding carboxylic acids is 1. The van der Waals surface area contributed by atoms with E-state index in [2.05, 4.69) is 4.90 Å². The summed E-state index contributed by atoms with van der Waals surface area (Å²) in [7, 11) is 0. The zero-order valence-electron chi connectivity index (χ0n) is 10.6. The highest BCUT2D eigenvalue weighted by Gasteiger charge is 2.18. The van der Waals surface area contributed by atoms with Gasteiger partial charge in [-0.1, -0.05) is 6.08 Å². The van der Waals surface area contributed by atoms with Crippen LogP contribution in [0, 0.1) is 5.92 Å². The maximum atomic E-state index is 11.1. The molecule has 0 radical (unpaired) electrons. The molecule has 0 saturated carbocycles. The molecule has 1 fully saturated rings. The van der Waals surface area contributed by atoms with E-state index in [1.165, 1.54) is 18.9 Å². The highest BCUT2D eigenvalue weighted by Crippen LogP contribution is 2.18. The second kappa shape index (κ2) is 8.25. The molecule has 4 nitrogen and oxygen atoms in total. The molecule has 0 aromatic carbocycles. The maximum Gasteiger partial charge on any atom is 0.330 e. The van der Waals surface area contributed by atoms with E-state index in [0.29, 0.717) is 12.5 Å². The van der Waals surface area contributed by atoms with E-state index in [0.717, 1.165) is 26.1 Å². The summed E-state index contributed by atoms with van der Waals surface area (Å²) in [5, 5.41) is 8.92. The fourth-order valence-corrected chi connectivity index (χ4v) is 2.22. The van der Waals surface area contributed by atoms with Crippen molar-refractivity contribution in [3.8, 4) is 0 Å². The van der Waals surface area contributed by atoms with Crippen molar-refractivity contribution in [1.82, 2.24) is 4.90 Å². The topological polar surface area (TPSA) is 49.8 Å². The first-order valence-corrected chi connectivity index (χ1v) is 6.42. The fraction of sp³-hybridized carbons (Fsp3) is 0.769. The average Bonchev–Trinajstić information content (AvgIpc) is 2.30. The van der Waals surface area contributed by atoms with Gasteiger partial charge < -0.3 is 9.84 Å². The van der Waals surface area contributed by atoms with Gasteiger partial charge in [0, 0.05) is 25.8 Å². The van der Waals surface area contributed by atoms with Crippen molar-refractivity contribution in [2.45, 2.75) is 26.2 Å². The molecule has 0 aromatic heterocycles. The number of esters is 1. The standard InChI is InChI=1S/C13H23NO3/c1-2-17-13(16)6-4-9-14-8-3-5-12(11-14)7-10-15/h4,6,12,15H,2-3,5,7-11H2,1H3. The lowest BCUT2D eigenvalue weighted by atomic mass is 9.95. The van der Waals surface area contributed by atoms with Gasteiger partial charge in [0.1, 0.15) is 0 Å². The normalized spacial score (nSPS) is 21.9. The summed E-state index contributed by atoms with van der Waals surface area (Å²) in [6, 6.07) is 0. The third kappa shape index (κ3) is 5.84. The Bertz CT molecular complexity index is 251. The molecule has 98 valence electrons. The molecule has 1 unspecified atom stereocenters. The van der Waals surface area contributed by atoms with Gasteiger partial charge in [0.2, 0.25) is 0 Å². The second-order valence-electron chi connectivity index (χ2n) is 4.43. The lowest BCUT2D eigenvalue weighted by molar-refractivity contribution is -0.137. The Balaban J connectivity index is 2.24. The predicted molar refractivity (Wildman–Crippen MR) is 66.6 cm³/mol. The number of hydrogen-bond donors (Lipinski definition) is 1. The van der Waals surface area contributed by atoms with Crippen LogP contribution in [0.2, 0.25) is 0 Å². The monoisotopic (exact) mass is 241 g/mol. The maximum absolute atomic E-state index is 11.1. The Morgan fingerprint density at radius 2 is 2.41 bits per heavy atom. The van der Waals surface area contributed by atoms with Crippen LogP contribution >= 0.6 is 0 Å². The number of aliphatic hydroxyl groups excluding tert-OH is 1. The molecule has 0 aromatic rings. The second-order valence-corrected chi connectivity index (χ2v) is 4.43. The number of aliphatic hydroxyl groups is 1. The van der Waals surface area contributed by atoms with Crippen molar-refractivity contribution in [3.63, 3.8) is 0 Å². The summed E-state index contributed by atoms with van der Waals surface area (Å²) in [6.45, 7) is 5.39. The summed E-state index contributed by atoms with van der Waals surface area (Å²) < 4.78 is 4.81. The minimum Gasteiger partial charge on any atom is -0.463 e. The van der Waals surface area contributed by atoms with E-state index in [4.69, 9.17) is 9.84 Å². The summed E-state index contributed by atoms with van der Waals surface area (Å²) >= 11 is 0. The minimum absolute atomic E-state index is 0.267. The fourth-order valence-electron chi connectivity index (χ4n) is 2.22. The Morgan fingerprint density at radius 1 is 1.59 bits per heavy atom. The average molecular weight is 241 g/mol. The molecular weight excluding hydrogens is 218 g/mol. The van der Waals surface area contributed by atoms with Gasteiger partial charge in [-0.25, -0.2) is 4.79 Å². The number of carbonyl (C=O) groups is 1. The third-order valence-corrected chi connectivity index (χ3v) is 3.04. The molecule has 0 bridgehead atoms. The van der Waals surface area contributed by atoms with Gasteiger partial charge in [-0.15, -0.1) is 0 Å². The van der Waals surface area contributed by atoms with Crippen molar-refractivity contribution in [2.75, 3.05) is 32.8 Å². The molecule has 1 rings (SSSR count). The number of hydrogen-bond acceptors (Lipinski definition) is 4. The molecule has 17 heavy (non-hydrogen) atoms. The first-order chi connectivity index (χ1) is 8.26. The highest BCUT2D eigenvalue weighted by atomic mass is 16.5. The van der Waals surface area contributed by atoms with Gasteiger partial charge in [-0.05, 0) is 38.6 Å². The number of ether oxygens (including phenoxy) is 1. The molecular formula is C13H23NO3. The molecule has 1 atom stereocenters. The van der Waals surface area contributed by atoms with Crippen LogP contribution in [0.3, 0.4) is 0 Å². The van der Waals surface area contributed by atoms with Crippen molar-refractivity contribution in [1.29, 1.82) is 0 Å². The van der Waals surface area contributed by atoms with E-state index < -0.39 is 0 Å². The van der Waals surface area contributed by atoms with Gasteiger partial charge >= 0.3 is 5.97 Å². The van der Waals surface area contributed by atoms with E-state index in [1.807, 2.05) is 6.08 Å². The molecule has 1 N–H and O–H groups in total. The van der Waals surface area contributed by atoms with Crippen LogP contribution in [0.15, 0.2) is 12.2 Å². The first-order valence-electron chi connectivity index (χ1n) is 6.42. The highest BCUT2D eigenvalue weighted by molar-refractivity contribution is 5.81. The number of rotatable bonds is 6. The Morgan fingerprint density at radius 3 is 3.12 bits per heavy atom. The van der Waals surface area contributed by atoms with Crippen LogP contribution in [-0.4, -0.2) is 48.8 Å². The first kappa shape index (κ1) is 14.2. The Labute approximate surface area is 103 Å². The van der Waals surface area contributed by atoms with E-state index >= 15 is 0 Å². The molecule has 1 saturated heterocycles. The van der Waals surface area contributed by atoms with Crippen LogP contribution in [0.5, 0.6) is 0 Å². The van der Waals surface area contributed by atoms with Crippen molar-refractivity contribution in [3.05, 3.63) is 12.2 Å². The zero-order chi connectivity index (χ0) is 12.5. The van der Waals surface area contributed by atoms with Crippen LogP contribution in [0.4, 0.5) is 0 Å². The van der Waals surface area contributed by atoms with Gasteiger partial charge in [-0.2, -0.15) is 0 Å². The van der Waals surface area contributed by atoms with E-state index in [-0.39, 0.29) is 12.6 Å². The molecule has 0 spiro atoms. The van der Waals surface area contributed by atoms with Crippen LogP contribution < -0.4 is 0 Å². The van der Waals surface area contributed by atoms with Gasteiger partial charge in [0.25, 0.3) is 0 Å². The molecule has 0 aliphatic carbocycles. The minimum atomic E-state index is -0.267. The molecule has 1 aliphatic heterocycles. The lowest BCUT2D eigenvalue weighted by Gasteiger charge is -2.31. The zero-order valence-corrected chi connectivity index (χ0v) is 10.6. The third-order valence-electron chi connectivity index (χ3n) is 3.04. The van der Waals surface area contributed by atoms with Crippen LogP contribution in [0.1, 0.15) is 26.2 Å². The lowest BCUT2D eigenvalue weighted by Crippen LogP contribution is -2.35. The number of nitrogens with zero attached hydrogens (tertiary/aromatic N) is 1. The predicted octanol–water partition coefficient (Wildman–Crippen LogP) is 1.20. The smallest absolute Gasteiger partial charge is 0.330 e. The summed E-state index contributed by atoms with van der Waals surface area (Å²) in [6.07, 6.45) is 6.63. The Hall–Kier alpha value is -0.870. The SMILES string of the molecule is CCOC(=O)C=CCN1CCCC(CCO)C1. The largest absolute Gasteiger partial charge is 0.463 e. The quantitative estimate of drug-likeness (QED) is 0.561. The van der Waals surface area contributed by atoms with Crippen LogP contribution in [-0.2, 0) is 9.53 Å². The number of likely N-dealkylation sites (tertiary alicyclic amines) is 1. The van der Waals surface area contributed by atoms with Gasteiger partial charge in [0.05, 0.1) is 6.61 Å². The summed E-state index contributed by atoms with van der Waals surface area (Å²) in [5.74, 6) is 0.334. The Kier molecular flexibility index (Phi) is 6.89. The van der Waals surface area contributed by atoms with Gasteiger partial charge in [-0.3, -0.25) is 4.90 Å². The van der Waals surface area contributed by atoms with Crippen molar-refractivity contribution >= 4 is 5.97 Å². The van der Waals surface area contributed by atoms with Crippen molar-refractivity contribution in [2.24, 2.45) is 5.92 Å². The van der Waals surface area contributed by atoms with Crippen molar-refractivity contribution < 1.29 is 14.6 Å². The molecule has 4 heteroatoms. The van der Waals surface area contributed by atoms with Crippen LogP contribution in [0.25, 0.3) is 0 Å². The summed E-state index contributed by atoms with van der Waals surface area (Å²) in [4.78, 5) is 13.4. The molecule has 1 heterocycles. The van der Waals surface area contributed by atoms with E-state index in [1.54, 1.807) is 6.92 Å². The molecule has 1 aliphatic rings. The van der Waals surface area contributed by atoms with E-state index in [9.17, 15) is 4.79 Å². The summed E-state index contributed by atoms with van der Waals surface area (Å²) in [5.41, 5.74) is 0. The molecule has 0 amide bonds.